The molecule has 0 saturated heterocycles. The van der Waals surface area contributed by atoms with E-state index in [1.165, 1.54) is 38.5 Å². The Balaban J connectivity index is 1.48. The van der Waals surface area contributed by atoms with Gasteiger partial charge in [0.05, 0.1) is 11.7 Å². The summed E-state index contributed by atoms with van der Waals surface area (Å²) in [6.07, 6.45) is 15.3. The highest BCUT2D eigenvalue weighted by Gasteiger charge is 2.59. The van der Waals surface area contributed by atoms with Gasteiger partial charge in [-0.1, -0.05) is 60.1 Å². The van der Waals surface area contributed by atoms with E-state index in [1.54, 1.807) is 5.57 Å². The molecule has 0 spiro atoms. The number of hydrogen-bond acceptors (Lipinski definition) is 2. The Morgan fingerprint density at radius 3 is 2.41 bits per heavy atom. The van der Waals surface area contributed by atoms with E-state index in [1.807, 2.05) is 0 Å². The fourth-order valence-electron chi connectivity index (χ4n) is 9.04. The third-order valence-corrected chi connectivity index (χ3v) is 11.6. The van der Waals surface area contributed by atoms with Crippen LogP contribution in [0.3, 0.4) is 0 Å². The van der Waals surface area contributed by atoms with Gasteiger partial charge in [-0.25, -0.2) is 0 Å². The van der Waals surface area contributed by atoms with Crippen LogP contribution in [0.15, 0.2) is 11.6 Å². The molecule has 4 aliphatic rings. The lowest BCUT2D eigenvalue weighted by atomic mass is 9.46. The molecule has 184 valence electrons. The normalized spacial score (nSPS) is 46.0. The van der Waals surface area contributed by atoms with Crippen molar-refractivity contribution in [2.24, 2.45) is 45.8 Å². The van der Waals surface area contributed by atoms with Gasteiger partial charge in [-0.05, 0) is 116 Å². The van der Waals surface area contributed by atoms with Gasteiger partial charge < -0.3 is 10.2 Å². The zero-order chi connectivity index (χ0) is 23.5. The second-order valence-corrected chi connectivity index (χ2v) is 14.2. The Hall–Kier alpha value is -0.340. The zero-order valence-corrected chi connectivity index (χ0v) is 22.2. The van der Waals surface area contributed by atoms with Crippen LogP contribution in [0.25, 0.3) is 0 Å². The van der Waals surface area contributed by atoms with E-state index in [0.717, 1.165) is 55.8 Å². The van der Waals surface area contributed by atoms with E-state index >= 15 is 0 Å². The van der Waals surface area contributed by atoms with Crippen LogP contribution in [0.1, 0.15) is 119 Å². The van der Waals surface area contributed by atoms with Gasteiger partial charge in [-0.2, -0.15) is 0 Å². The van der Waals surface area contributed by atoms with E-state index < -0.39 is 5.60 Å². The molecule has 0 unspecified atom stereocenters. The molecule has 0 amide bonds. The van der Waals surface area contributed by atoms with E-state index in [4.69, 9.17) is 0 Å². The Labute approximate surface area is 198 Å². The molecule has 2 N–H and O–H groups in total. The summed E-state index contributed by atoms with van der Waals surface area (Å²) in [5.41, 5.74) is 1.94. The average Bonchev–Trinajstić information content (AvgIpc) is 3.09. The highest BCUT2D eigenvalue weighted by molar-refractivity contribution is 5.27. The van der Waals surface area contributed by atoms with Gasteiger partial charge >= 0.3 is 0 Å². The monoisotopic (exact) mass is 444 g/mol. The van der Waals surface area contributed by atoms with Gasteiger partial charge in [0.15, 0.2) is 0 Å². The highest BCUT2D eigenvalue weighted by Crippen LogP contribution is 2.67. The third kappa shape index (κ3) is 4.04. The molecule has 2 heteroatoms. The SMILES string of the molecule is CC[C@]1(O)CC[C@@]2(C)C(=CC[C@H]3[C@@H]4CC[C@H]([C@H](C)CC[C@@H](O)C(C)(C)C)[C@@]4(C)CC[C@@H]32)C1. The minimum atomic E-state index is -0.452. The molecular weight excluding hydrogens is 392 g/mol. The van der Waals surface area contributed by atoms with Crippen molar-refractivity contribution in [2.75, 3.05) is 0 Å². The van der Waals surface area contributed by atoms with Crippen LogP contribution in [0.5, 0.6) is 0 Å². The first-order valence-corrected chi connectivity index (χ1v) is 13.9. The molecule has 3 saturated carbocycles. The smallest absolute Gasteiger partial charge is 0.0682 e. The van der Waals surface area contributed by atoms with Crippen molar-refractivity contribution in [1.29, 1.82) is 0 Å². The van der Waals surface area contributed by atoms with Crippen molar-refractivity contribution in [1.82, 2.24) is 0 Å². The van der Waals surface area contributed by atoms with Crippen LogP contribution >= 0.6 is 0 Å². The van der Waals surface area contributed by atoms with Gasteiger partial charge in [-0.15, -0.1) is 0 Å². The highest BCUT2D eigenvalue weighted by atomic mass is 16.3. The molecular formula is C30H52O2. The predicted octanol–water partition coefficient (Wildman–Crippen LogP) is 7.53. The quantitative estimate of drug-likeness (QED) is 0.430. The van der Waals surface area contributed by atoms with Gasteiger partial charge in [-0.3, -0.25) is 0 Å². The van der Waals surface area contributed by atoms with Crippen molar-refractivity contribution in [3.63, 3.8) is 0 Å². The molecule has 4 rings (SSSR count). The first-order chi connectivity index (χ1) is 14.8. The standard InChI is InChI=1S/C30H52O2/c1-8-30(32)18-17-28(6)21(19-30)10-11-22-24-13-12-23(29(24,7)16-15-25(22)28)20(2)9-14-26(31)27(3,4)5/h10,20,22-26,31-32H,8-9,11-19H2,1-7H3/t20-,22+,23-,24+,25+,26-,28+,29-,30+/m1/s1. The summed E-state index contributed by atoms with van der Waals surface area (Å²) >= 11 is 0. The Kier molecular flexibility index (Phi) is 6.50. The average molecular weight is 445 g/mol. The molecule has 0 heterocycles. The summed E-state index contributed by atoms with van der Waals surface area (Å²) in [5.74, 6) is 4.04. The molecule has 0 aromatic heterocycles. The fraction of sp³-hybridized carbons (Fsp3) is 0.933. The third-order valence-electron chi connectivity index (χ3n) is 11.6. The number of aliphatic hydroxyl groups excluding tert-OH is 1. The number of allylic oxidation sites excluding steroid dienone is 1. The number of rotatable bonds is 5. The fourth-order valence-corrected chi connectivity index (χ4v) is 9.04. The van der Waals surface area contributed by atoms with Gasteiger partial charge in [0.25, 0.3) is 0 Å². The molecule has 3 fully saturated rings. The lowest BCUT2D eigenvalue weighted by Crippen LogP contribution is -2.52. The van der Waals surface area contributed by atoms with Crippen molar-refractivity contribution in [3.05, 3.63) is 11.6 Å². The van der Waals surface area contributed by atoms with E-state index in [0.29, 0.717) is 16.7 Å². The van der Waals surface area contributed by atoms with Crippen molar-refractivity contribution < 1.29 is 10.2 Å². The maximum absolute atomic E-state index is 11.0. The summed E-state index contributed by atoms with van der Waals surface area (Å²) in [6.45, 7) is 16.3. The topological polar surface area (TPSA) is 40.5 Å². The second kappa shape index (κ2) is 8.40. The number of hydrogen-bond donors (Lipinski definition) is 2. The molecule has 4 aliphatic carbocycles. The van der Waals surface area contributed by atoms with Crippen molar-refractivity contribution in [3.8, 4) is 0 Å². The molecule has 0 aromatic carbocycles. The van der Waals surface area contributed by atoms with Crippen LogP contribution < -0.4 is 0 Å². The van der Waals surface area contributed by atoms with Crippen LogP contribution in [0, 0.1) is 45.8 Å². The summed E-state index contributed by atoms with van der Waals surface area (Å²) in [4.78, 5) is 0. The molecule has 2 nitrogen and oxygen atoms in total. The van der Waals surface area contributed by atoms with E-state index in [2.05, 4.69) is 54.5 Å². The lowest BCUT2D eigenvalue weighted by Gasteiger charge is -2.59. The first kappa shape index (κ1) is 24.8. The summed E-state index contributed by atoms with van der Waals surface area (Å²) in [6, 6.07) is 0. The molecule has 0 aromatic rings. The van der Waals surface area contributed by atoms with E-state index in [-0.39, 0.29) is 11.5 Å². The van der Waals surface area contributed by atoms with Crippen molar-refractivity contribution in [2.45, 2.75) is 131 Å². The molecule has 0 bridgehead atoms. The van der Waals surface area contributed by atoms with Gasteiger partial charge in [0, 0.05) is 0 Å². The second-order valence-electron chi connectivity index (χ2n) is 14.2. The van der Waals surface area contributed by atoms with Crippen LogP contribution in [0.4, 0.5) is 0 Å². The van der Waals surface area contributed by atoms with Crippen LogP contribution in [0.2, 0.25) is 0 Å². The molecule has 0 aliphatic heterocycles. The van der Waals surface area contributed by atoms with Gasteiger partial charge in [0.1, 0.15) is 0 Å². The maximum atomic E-state index is 11.0. The lowest BCUT2D eigenvalue weighted by molar-refractivity contribution is -0.0760. The number of aliphatic hydroxyl groups is 2. The predicted molar refractivity (Wildman–Crippen MR) is 134 cm³/mol. The molecule has 0 radical (unpaired) electrons. The summed E-state index contributed by atoms with van der Waals surface area (Å²) < 4.78 is 0. The summed E-state index contributed by atoms with van der Waals surface area (Å²) in [5, 5.41) is 21.6. The zero-order valence-electron chi connectivity index (χ0n) is 22.2. The first-order valence-electron chi connectivity index (χ1n) is 13.9. The van der Waals surface area contributed by atoms with Crippen LogP contribution in [-0.2, 0) is 0 Å². The Morgan fingerprint density at radius 1 is 1.03 bits per heavy atom. The van der Waals surface area contributed by atoms with E-state index in [9.17, 15) is 10.2 Å². The van der Waals surface area contributed by atoms with Crippen molar-refractivity contribution >= 4 is 0 Å². The summed E-state index contributed by atoms with van der Waals surface area (Å²) in [7, 11) is 0. The molecule has 9 atom stereocenters. The molecule has 32 heavy (non-hydrogen) atoms. The minimum Gasteiger partial charge on any atom is -0.393 e. The number of fused-ring (bicyclic) bond motifs is 5. The largest absolute Gasteiger partial charge is 0.393 e. The van der Waals surface area contributed by atoms with Gasteiger partial charge in [0.2, 0.25) is 0 Å². The van der Waals surface area contributed by atoms with Crippen LogP contribution in [-0.4, -0.2) is 21.9 Å². The Bertz CT molecular complexity index is 719. The minimum absolute atomic E-state index is 0.00853. The maximum Gasteiger partial charge on any atom is 0.0682 e. The Morgan fingerprint density at radius 2 is 1.75 bits per heavy atom.